The number of ether oxygens (including phenoxy) is 1. The highest BCUT2D eigenvalue weighted by atomic mass is 35.5. The minimum Gasteiger partial charge on any atom is -0.497 e. The van der Waals surface area contributed by atoms with Crippen molar-refractivity contribution in [2.45, 2.75) is 31.7 Å². The second-order valence-electron chi connectivity index (χ2n) is 6.96. The fourth-order valence-corrected chi connectivity index (χ4v) is 4.32. The molecule has 0 saturated heterocycles. The molecule has 1 aliphatic rings. The number of hydrogen-bond acceptors (Lipinski definition) is 2. The van der Waals surface area contributed by atoms with Crippen LogP contribution in [0.2, 0.25) is 0 Å². The quantitative estimate of drug-likeness (QED) is 0.700. The molecule has 26 heavy (non-hydrogen) atoms. The highest BCUT2D eigenvalue weighted by molar-refractivity contribution is 5.88. The summed E-state index contributed by atoms with van der Waals surface area (Å²) >= 11 is 0. The van der Waals surface area contributed by atoms with Crippen molar-refractivity contribution in [2.75, 3.05) is 20.7 Å². The number of nitrogens with one attached hydrogen (secondary N) is 1. The van der Waals surface area contributed by atoms with Crippen LogP contribution in [-0.4, -0.2) is 25.3 Å². The number of likely N-dealkylation sites (N-methyl/N-ethyl adjacent to an activating group) is 1. The van der Waals surface area contributed by atoms with E-state index in [1.165, 1.54) is 47.0 Å². The average Bonchev–Trinajstić information content (AvgIpc) is 2.97. The molecule has 4 rings (SSSR count). The third-order valence-corrected chi connectivity index (χ3v) is 5.43. The Hall–Kier alpha value is -1.97. The maximum atomic E-state index is 5.51. The van der Waals surface area contributed by atoms with Crippen molar-refractivity contribution in [1.82, 2.24) is 9.88 Å². The van der Waals surface area contributed by atoms with Crippen LogP contribution in [0.1, 0.15) is 35.6 Å². The van der Waals surface area contributed by atoms with Crippen molar-refractivity contribution in [3.8, 4) is 5.75 Å². The molecule has 1 heterocycles. The molecule has 0 amide bonds. The van der Waals surface area contributed by atoms with Gasteiger partial charge in [-0.2, -0.15) is 0 Å². The molecule has 0 saturated carbocycles. The summed E-state index contributed by atoms with van der Waals surface area (Å²) in [5, 5.41) is 4.76. The highest BCUT2D eigenvalue weighted by Gasteiger charge is 2.27. The van der Waals surface area contributed by atoms with Crippen LogP contribution in [0.15, 0.2) is 48.5 Å². The minimum absolute atomic E-state index is 0. The lowest BCUT2D eigenvalue weighted by molar-refractivity contribution is 0.415. The fourth-order valence-electron chi connectivity index (χ4n) is 4.32. The topological polar surface area (TPSA) is 26.2 Å². The Morgan fingerprint density at radius 2 is 1.96 bits per heavy atom. The Bertz CT molecular complexity index is 873. The van der Waals surface area contributed by atoms with Crippen LogP contribution in [0.25, 0.3) is 10.9 Å². The van der Waals surface area contributed by atoms with Crippen molar-refractivity contribution in [3.05, 3.63) is 65.4 Å². The van der Waals surface area contributed by atoms with Gasteiger partial charge in [0.05, 0.1) is 7.11 Å². The summed E-state index contributed by atoms with van der Waals surface area (Å²) in [6.45, 7) is 1.97. The van der Waals surface area contributed by atoms with Crippen molar-refractivity contribution >= 4 is 23.3 Å². The Labute approximate surface area is 161 Å². The lowest BCUT2D eigenvalue weighted by Gasteiger charge is -2.24. The molecule has 0 fully saturated rings. The van der Waals surface area contributed by atoms with Gasteiger partial charge in [-0.15, -0.1) is 12.4 Å². The number of methoxy groups -OCH3 is 1. The van der Waals surface area contributed by atoms with Crippen molar-refractivity contribution in [2.24, 2.45) is 0 Å². The van der Waals surface area contributed by atoms with E-state index in [-0.39, 0.29) is 12.4 Å². The zero-order valence-corrected chi connectivity index (χ0v) is 16.3. The first kappa shape index (κ1) is 18.8. The molecule has 3 aromatic rings. The first-order chi connectivity index (χ1) is 12.3. The molecule has 138 valence electrons. The molecular formula is C22H27ClN2O. The summed E-state index contributed by atoms with van der Waals surface area (Å²) in [5.74, 6) is 1.53. The largest absolute Gasteiger partial charge is 0.497 e. The smallest absolute Gasteiger partial charge is 0.119 e. The maximum absolute atomic E-state index is 5.51. The Balaban J connectivity index is 0.00000196. The zero-order chi connectivity index (χ0) is 17.2. The molecule has 0 spiro atoms. The molecule has 1 unspecified atom stereocenters. The van der Waals surface area contributed by atoms with E-state index in [4.69, 9.17) is 4.74 Å². The van der Waals surface area contributed by atoms with Gasteiger partial charge in [0, 0.05) is 29.7 Å². The number of hydrogen-bond donors (Lipinski definition) is 1. The Kier molecular flexibility index (Phi) is 5.90. The number of aromatic nitrogens is 1. The third-order valence-electron chi connectivity index (χ3n) is 5.43. The molecule has 2 aromatic carbocycles. The van der Waals surface area contributed by atoms with Gasteiger partial charge in [-0.25, -0.2) is 0 Å². The van der Waals surface area contributed by atoms with E-state index in [0.717, 1.165) is 18.8 Å². The number of halogens is 1. The van der Waals surface area contributed by atoms with Crippen LogP contribution in [0, 0.1) is 0 Å². The van der Waals surface area contributed by atoms with E-state index in [1.807, 2.05) is 0 Å². The van der Waals surface area contributed by atoms with Crippen molar-refractivity contribution in [1.29, 1.82) is 0 Å². The highest BCUT2D eigenvalue weighted by Crippen LogP contribution is 2.40. The van der Waals surface area contributed by atoms with Gasteiger partial charge < -0.3 is 14.6 Å². The van der Waals surface area contributed by atoms with Gasteiger partial charge in [0.15, 0.2) is 0 Å². The van der Waals surface area contributed by atoms with Gasteiger partial charge in [-0.05, 0) is 61.6 Å². The summed E-state index contributed by atoms with van der Waals surface area (Å²) in [4.78, 5) is 0. The van der Waals surface area contributed by atoms with Crippen LogP contribution >= 0.6 is 12.4 Å². The number of nitrogens with zero attached hydrogens (tertiary/aromatic N) is 1. The first-order valence-electron chi connectivity index (χ1n) is 9.19. The minimum atomic E-state index is 0. The predicted octanol–water partition coefficient (Wildman–Crippen LogP) is 4.76. The van der Waals surface area contributed by atoms with Gasteiger partial charge in [-0.1, -0.05) is 30.3 Å². The second kappa shape index (κ2) is 8.15. The third kappa shape index (κ3) is 3.34. The molecule has 0 bridgehead atoms. The molecule has 4 heteroatoms. The molecule has 0 aliphatic heterocycles. The summed E-state index contributed by atoms with van der Waals surface area (Å²) in [7, 11) is 3.80. The van der Waals surface area contributed by atoms with E-state index in [2.05, 4.69) is 65.5 Å². The van der Waals surface area contributed by atoms with Crippen LogP contribution in [-0.2, 0) is 13.0 Å². The van der Waals surface area contributed by atoms with E-state index < -0.39 is 0 Å². The van der Waals surface area contributed by atoms with Crippen LogP contribution in [0.4, 0.5) is 0 Å². The van der Waals surface area contributed by atoms with Crippen LogP contribution in [0.3, 0.4) is 0 Å². The van der Waals surface area contributed by atoms with E-state index in [0.29, 0.717) is 5.92 Å². The molecule has 3 nitrogen and oxygen atoms in total. The number of benzene rings is 2. The SMILES string of the molecule is CNCC1CCCc2c1c1cc(OC)ccc1n2Cc1ccccc1.Cl. The van der Waals surface area contributed by atoms with Gasteiger partial charge >= 0.3 is 0 Å². The monoisotopic (exact) mass is 370 g/mol. The molecule has 1 aromatic heterocycles. The summed E-state index contributed by atoms with van der Waals surface area (Å²) in [5.41, 5.74) is 5.73. The normalized spacial score (nSPS) is 16.2. The summed E-state index contributed by atoms with van der Waals surface area (Å²) in [6.07, 6.45) is 3.69. The van der Waals surface area contributed by atoms with Crippen molar-refractivity contribution < 1.29 is 4.74 Å². The predicted molar refractivity (Wildman–Crippen MR) is 111 cm³/mol. The Morgan fingerprint density at radius 3 is 2.69 bits per heavy atom. The van der Waals surface area contributed by atoms with Crippen molar-refractivity contribution in [3.63, 3.8) is 0 Å². The molecule has 0 radical (unpaired) electrons. The van der Waals surface area contributed by atoms with E-state index in [9.17, 15) is 0 Å². The fraction of sp³-hybridized carbons (Fsp3) is 0.364. The molecule has 1 atom stereocenters. The Morgan fingerprint density at radius 1 is 1.15 bits per heavy atom. The summed E-state index contributed by atoms with van der Waals surface area (Å²) < 4.78 is 8.04. The van der Waals surface area contributed by atoms with E-state index >= 15 is 0 Å². The standard InChI is InChI=1S/C22H26N2O.ClH/c1-23-14-17-9-6-10-21-22(17)19-13-18(25-2)11-12-20(19)24(21)15-16-7-4-3-5-8-16;/h3-5,7-8,11-13,17,23H,6,9-10,14-15H2,1-2H3;1H. The lowest BCUT2D eigenvalue weighted by Crippen LogP contribution is -2.22. The summed E-state index contributed by atoms with van der Waals surface area (Å²) in [6, 6.07) is 17.3. The zero-order valence-electron chi connectivity index (χ0n) is 15.5. The van der Waals surface area contributed by atoms with E-state index in [1.54, 1.807) is 7.11 Å². The second-order valence-corrected chi connectivity index (χ2v) is 6.96. The molecular weight excluding hydrogens is 344 g/mol. The maximum Gasteiger partial charge on any atom is 0.119 e. The molecule has 1 N–H and O–H groups in total. The van der Waals surface area contributed by atoms with Crippen LogP contribution < -0.4 is 10.1 Å². The molecule has 1 aliphatic carbocycles. The first-order valence-corrected chi connectivity index (χ1v) is 9.19. The van der Waals surface area contributed by atoms with Gasteiger partial charge in [0.2, 0.25) is 0 Å². The average molecular weight is 371 g/mol. The van der Waals surface area contributed by atoms with Gasteiger partial charge in [0.1, 0.15) is 5.75 Å². The lowest BCUT2D eigenvalue weighted by atomic mass is 9.85. The van der Waals surface area contributed by atoms with Crippen LogP contribution in [0.5, 0.6) is 5.75 Å². The van der Waals surface area contributed by atoms with Gasteiger partial charge in [0.25, 0.3) is 0 Å². The number of fused-ring (bicyclic) bond motifs is 3. The van der Waals surface area contributed by atoms with Gasteiger partial charge in [-0.3, -0.25) is 0 Å². The number of rotatable bonds is 5.